The van der Waals surface area contributed by atoms with Gasteiger partial charge in [-0.3, -0.25) is 0 Å². The highest BCUT2D eigenvalue weighted by Crippen LogP contribution is 2.40. The molecule has 1 aliphatic carbocycles. The number of benzene rings is 1. The second-order valence-electron chi connectivity index (χ2n) is 4.05. The van der Waals surface area contributed by atoms with Crippen LogP contribution in [-0.2, 0) is 12.8 Å². The van der Waals surface area contributed by atoms with Crippen molar-refractivity contribution in [3.05, 3.63) is 22.2 Å². The Kier molecular flexibility index (Phi) is 3.26. The molecule has 2 N–H and O–H groups in total. The monoisotopic (exact) mass is 241 g/mol. The van der Waals surface area contributed by atoms with Crippen LogP contribution in [0.5, 0.6) is 11.5 Å². The van der Waals surface area contributed by atoms with Gasteiger partial charge in [0.05, 0.1) is 19.2 Å². The SMILES string of the molecule is COc1cc(Cl)c(OC)c2c1CC(N)CC2. The molecule has 3 nitrogen and oxygen atoms in total. The minimum Gasteiger partial charge on any atom is -0.496 e. The maximum Gasteiger partial charge on any atom is 0.141 e. The average molecular weight is 242 g/mol. The van der Waals surface area contributed by atoms with Crippen molar-refractivity contribution < 1.29 is 9.47 Å². The van der Waals surface area contributed by atoms with Crippen LogP contribution in [-0.4, -0.2) is 20.3 Å². The molecule has 4 heteroatoms. The molecule has 1 unspecified atom stereocenters. The molecular formula is C12H16ClNO2. The zero-order valence-electron chi connectivity index (χ0n) is 9.55. The van der Waals surface area contributed by atoms with Gasteiger partial charge in [-0.15, -0.1) is 0 Å². The number of methoxy groups -OCH3 is 2. The van der Waals surface area contributed by atoms with Crippen LogP contribution >= 0.6 is 11.6 Å². The molecule has 1 aliphatic rings. The molecule has 0 bridgehead atoms. The van der Waals surface area contributed by atoms with E-state index >= 15 is 0 Å². The van der Waals surface area contributed by atoms with Crippen LogP contribution in [0.15, 0.2) is 6.07 Å². The van der Waals surface area contributed by atoms with Crippen molar-refractivity contribution in [1.29, 1.82) is 0 Å². The minimum absolute atomic E-state index is 0.201. The fraction of sp³-hybridized carbons (Fsp3) is 0.500. The third-order valence-corrected chi connectivity index (χ3v) is 3.35. The van der Waals surface area contributed by atoms with Gasteiger partial charge in [-0.05, 0) is 19.3 Å². The van der Waals surface area contributed by atoms with Crippen LogP contribution in [0.2, 0.25) is 5.02 Å². The second-order valence-corrected chi connectivity index (χ2v) is 4.46. The van der Waals surface area contributed by atoms with Crippen LogP contribution in [0, 0.1) is 0 Å². The number of halogens is 1. The van der Waals surface area contributed by atoms with E-state index in [-0.39, 0.29) is 6.04 Å². The molecule has 0 saturated carbocycles. The zero-order chi connectivity index (χ0) is 11.7. The largest absolute Gasteiger partial charge is 0.496 e. The topological polar surface area (TPSA) is 44.5 Å². The van der Waals surface area contributed by atoms with Crippen molar-refractivity contribution in [3.63, 3.8) is 0 Å². The third-order valence-electron chi connectivity index (χ3n) is 3.07. The number of fused-ring (bicyclic) bond motifs is 1. The van der Waals surface area contributed by atoms with E-state index in [9.17, 15) is 0 Å². The maximum absolute atomic E-state index is 6.15. The Bertz CT molecular complexity index is 406. The first-order valence-corrected chi connectivity index (χ1v) is 5.73. The summed E-state index contributed by atoms with van der Waals surface area (Å²) in [5.41, 5.74) is 8.26. The summed E-state index contributed by atoms with van der Waals surface area (Å²) in [6, 6.07) is 2.00. The summed E-state index contributed by atoms with van der Waals surface area (Å²) in [5.74, 6) is 1.58. The van der Waals surface area contributed by atoms with E-state index in [0.29, 0.717) is 5.02 Å². The standard InChI is InChI=1S/C12H16ClNO2/c1-15-11-6-10(13)12(16-2)8-4-3-7(14)5-9(8)11/h6-7H,3-5,14H2,1-2H3. The number of rotatable bonds is 2. The molecular weight excluding hydrogens is 226 g/mol. The van der Waals surface area contributed by atoms with Gasteiger partial charge in [0.15, 0.2) is 0 Å². The lowest BCUT2D eigenvalue weighted by molar-refractivity contribution is 0.386. The molecule has 0 aliphatic heterocycles. The third kappa shape index (κ3) is 1.85. The molecule has 1 aromatic carbocycles. The van der Waals surface area contributed by atoms with Gasteiger partial charge in [0.2, 0.25) is 0 Å². The molecule has 88 valence electrons. The van der Waals surface area contributed by atoms with Gasteiger partial charge in [-0.1, -0.05) is 11.6 Å². The van der Waals surface area contributed by atoms with Crippen LogP contribution in [0.4, 0.5) is 0 Å². The van der Waals surface area contributed by atoms with Gasteiger partial charge in [-0.25, -0.2) is 0 Å². The highest BCUT2D eigenvalue weighted by atomic mass is 35.5. The second kappa shape index (κ2) is 4.52. The Hall–Kier alpha value is -0.930. The summed E-state index contributed by atoms with van der Waals surface area (Å²) < 4.78 is 10.7. The lowest BCUT2D eigenvalue weighted by atomic mass is 9.87. The molecule has 0 aromatic heterocycles. The molecule has 2 rings (SSSR count). The highest BCUT2D eigenvalue weighted by molar-refractivity contribution is 6.32. The van der Waals surface area contributed by atoms with Crippen LogP contribution in [0.3, 0.4) is 0 Å². The lowest BCUT2D eigenvalue weighted by Gasteiger charge is -2.25. The van der Waals surface area contributed by atoms with E-state index in [1.807, 2.05) is 0 Å². The molecule has 0 amide bonds. The summed E-state index contributed by atoms with van der Waals surface area (Å²) in [5, 5.41) is 0.605. The first-order chi connectivity index (χ1) is 7.67. The summed E-state index contributed by atoms with van der Waals surface area (Å²) >= 11 is 6.15. The Labute approximate surface area is 100 Å². The summed E-state index contributed by atoms with van der Waals surface area (Å²) in [7, 11) is 3.29. The first-order valence-electron chi connectivity index (χ1n) is 5.35. The van der Waals surface area contributed by atoms with Crippen LogP contribution in [0.1, 0.15) is 17.5 Å². The Balaban J connectivity index is 2.57. The molecule has 0 spiro atoms. The minimum atomic E-state index is 0.201. The van der Waals surface area contributed by atoms with E-state index in [1.54, 1.807) is 20.3 Å². The zero-order valence-corrected chi connectivity index (χ0v) is 10.3. The van der Waals surface area contributed by atoms with E-state index in [4.69, 9.17) is 26.8 Å². The van der Waals surface area contributed by atoms with Gasteiger partial charge >= 0.3 is 0 Å². The van der Waals surface area contributed by atoms with Crippen molar-refractivity contribution in [2.45, 2.75) is 25.3 Å². The van der Waals surface area contributed by atoms with Gasteiger partial charge in [0.25, 0.3) is 0 Å². The van der Waals surface area contributed by atoms with Crippen molar-refractivity contribution in [1.82, 2.24) is 0 Å². The predicted molar refractivity (Wildman–Crippen MR) is 64.6 cm³/mol. The molecule has 0 saturated heterocycles. The van der Waals surface area contributed by atoms with Crippen LogP contribution < -0.4 is 15.2 Å². The quantitative estimate of drug-likeness (QED) is 0.863. The fourth-order valence-electron chi connectivity index (χ4n) is 2.28. The summed E-state index contributed by atoms with van der Waals surface area (Å²) in [6.07, 6.45) is 2.69. The van der Waals surface area contributed by atoms with Gasteiger partial charge in [0, 0.05) is 23.2 Å². The number of nitrogens with two attached hydrogens (primary N) is 1. The molecule has 0 fully saturated rings. The first kappa shape index (κ1) is 11.6. The molecule has 0 heterocycles. The molecule has 1 atom stereocenters. The number of hydrogen-bond donors (Lipinski definition) is 1. The number of ether oxygens (including phenoxy) is 2. The van der Waals surface area contributed by atoms with E-state index in [0.717, 1.165) is 41.9 Å². The van der Waals surface area contributed by atoms with E-state index in [2.05, 4.69) is 0 Å². The van der Waals surface area contributed by atoms with E-state index < -0.39 is 0 Å². The lowest BCUT2D eigenvalue weighted by Crippen LogP contribution is -2.28. The fourth-order valence-corrected chi connectivity index (χ4v) is 2.57. The molecule has 0 radical (unpaired) electrons. The summed E-state index contributed by atoms with van der Waals surface area (Å²) in [4.78, 5) is 0. The Morgan fingerprint density at radius 2 is 2.06 bits per heavy atom. The van der Waals surface area contributed by atoms with Crippen molar-refractivity contribution >= 4 is 11.6 Å². The smallest absolute Gasteiger partial charge is 0.141 e. The van der Waals surface area contributed by atoms with Gasteiger partial charge < -0.3 is 15.2 Å². The Morgan fingerprint density at radius 3 is 2.69 bits per heavy atom. The molecule has 16 heavy (non-hydrogen) atoms. The maximum atomic E-state index is 6.15. The molecule has 1 aromatic rings. The van der Waals surface area contributed by atoms with Crippen molar-refractivity contribution in [3.8, 4) is 11.5 Å². The normalized spacial score (nSPS) is 19.1. The van der Waals surface area contributed by atoms with Gasteiger partial charge in [0.1, 0.15) is 11.5 Å². The highest BCUT2D eigenvalue weighted by Gasteiger charge is 2.24. The van der Waals surface area contributed by atoms with Gasteiger partial charge in [-0.2, -0.15) is 0 Å². The van der Waals surface area contributed by atoms with Crippen molar-refractivity contribution in [2.24, 2.45) is 5.73 Å². The van der Waals surface area contributed by atoms with Crippen LogP contribution in [0.25, 0.3) is 0 Å². The Morgan fingerprint density at radius 1 is 1.31 bits per heavy atom. The van der Waals surface area contributed by atoms with E-state index in [1.165, 1.54) is 0 Å². The summed E-state index contributed by atoms with van der Waals surface area (Å²) in [6.45, 7) is 0. The van der Waals surface area contributed by atoms with Crippen molar-refractivity contribution in [2.75, 3.05) is 14.2 Å². The predicted octanol–water partition coefficient (Wildman–Crippen LogP) is 2.17. The average Bonchev–Trinajstić information content (AvgIpc) is 2.28. The number of hydrogen-bond acceptors (Lipinski definition) is 3.